The van der Waals surface area contributed by atoms with E-state index in [9.17, 15) is 19.2 Å². The molecule has 1 aromatic carbocycles. The molecule has 2 aliphatic heterocycles. The molecule has 3 aliphatic rings. The van der Waals surface area contributed by atoms with Gasteiger partial charge in [-0.25, -0.2) is 4.79 Å². The van der Waals surface area contributed by atoms with Crippen molar-refractivity contribution >= 4 is 34.5 Å². The molecular formula is C28H39N5O5. The van der Waals surface area contributed by atoms with Crippen LogP contribution >= 0.6 is 0 Å². The standard InChI is InChI=1S/C28H39N5O5/c1-28(2,3)38-26(36)18-5-7-19(8-6-18)31-13-15-32(16-14-31)20-9-10-21-23(17-20)30(4)27(37)33(21)22-11-12-24(34)29-25(22)35/h9-10,17-19,22H,5-8,11-16H2,1-4H3,(H,29,34,35). The summed E-state index contributed by atoms with van der Waals surface area (Å²) in [5.74, 6) is -0.761. The number of imidazole rings is 1. The van der Waals surface area contributed by atoms with Crippen LogP contribution < -0.4 is 15.9 Å². The summed E-state index contributed by atoms with van der Waals surface area (Å²) in [6.07, 6.45) is 4.36. The van der Waals surface area contributed by atoms with Gasteiger partial charge in [0.25, 0.3) is 0 Å². The van der Waals surface area contributed by atoms with Gasteiger partial charge in [-0.1, -0.05) is 0 Å². The molecule has 10 heteroatoms. The van der Waals surface area contributed by atoms with Gasteiger partial charge in [-0.05, 0) is 71.1 Å². The van der Waals surface area contributed by atoms with E-state index in [0.29, 0.717) is 18.0 Å². The number of nitrogens with zero attached hydrogens (tertiary/aromatic N) is 4. The quantitative estimate of drug-likeness (QED) is 0.483. The van der Waals surface area contributed by atoms with Gasteiger partial charge in [0.2, 0.25) is 11.8 Å². The Bertz CT molecular complexity index is 1290. The third-order valence-electron chi connectivity index (χ3n) is 8.23. The second-order valence-electron chi connectivity index (χ2n) is 11.9. The molecular weight excluding hydrogens is 486 g/mol. The molecule has 0 radical (unpaired) electrons. The molecule has 0 spiro atoms. The molecule has 0 bridgehead atoms. The zero-order chi connectivity index (χ0) is 27.2. The number of aromatic nitrogens is 2. The van der Waals surface area contributed by atoms with Crippen LogP contribution in [0.15, 0.2) is 23.0 Å². The monoisotopic (exact) mass is 525 g/mol. The van der Waals surface area contributed by atoms with Crippen LogP contribution in [0.3, 0.4) is 0 Å². The molecule has 1 unspecified atom stereocenters. The van der Waals surface area contributed by atoms with Crippen molar-refractivity contribution < 1.29 is 19.1 Å². The molecule has 3 fully saturated rings. The Morgan fingerprint density at radius 3 is 2.26 bits per heavy atom. The lowest BCUT2D eigenvalue weighted by Gasteiger charge is -2.42. The zero-order valence-corrected chi connectivity index (χ0v) is 22.9. The van der Waals surface area contributed by atoms with Crippen molar-refractivity contribution in [2.24, 2.45) is 13.0 Å². The van der Waals surface area contributed by atoms with E-state index in [1.165, 1.54) is 4.57 Å². The maximum Gasteiger partial charge on any atom is 0.329 e. The number of hydrogen-bond acceptors (Lipinski definition) is 7. The first-order valence-electron chi connectivity index (χ1n) is 13.8. The number of rotatable bonds is 4. The number of ether oxygens (including phenoxy) is 1. The molecule has 2 amide bonds. The largest absolute Gasteiger partial charge is 0.460 e. The van der Waals surface area contributed by atoms with Gasteiger partial charge in [-0.2, -0.15) is 0 Å². The smallest absolute Gasteiger partial charge is 0.329 e. The summed E-state index contributed by atoms with van der Waals surface area (Å²) in [5, 5.41) is 2.36. The van der Waals surface area contributed by atoms with Crippen LogP contribution in [-0.2, 0) is 26.2 Å². The van der Waals surface area contributed by atoms with Crippen LogP contribution in [0.25, 0.3) is 11.0 Å². The normalized spacial score (nSPS) is 25.5. The lowest BCUT2D eigenvalue weighted by molar-refractivity contribution is -0.161. The average molecular weight is 526 g/mol. The minimum atomic E-state index is -0.677. The van der Waals surface area contributed by atoms with Crippen molar-refractivity contribution in [3.8, 4) is 0 Å². The third-order valence-corrected chi connectivity index (χ3v) is 8.23. The minimum absolute atomic E-state index is 0.0117. The fraction of sp³-hybridized carbons (Fsp3) is 0.643. The summed E-state index contributed by atoms with van der Waals surface area (Å²) in [4.78, 5) is 54.5. The maximum atomic E-state index is 13.1. The van der Waals surface area contributed by atoms with Crippen molar-refractivity contribution in [1.82, 2.24) is 19.4 Å². The Hall–Kier alpha value is -3.14. The second-order valence-corrected chi connectivity index (χ2v) is 11.9. The van der Waals surface area contributed by atoms with Crippen molar-refractivity contribution in [3.05, 3.63) is 28.7 Å². The molecule has 1 atom stereocenters. The number of carbonyl (C=O) groups is 3. The first-order chi connectivity index (χ1) is 18.0. The highest BCUT2D eigenvalue weighted by atomic mass is 16.6. The van der Waals surface area contributed by atoms with Gasteiger partial charge in [0.05, 0.1) is 17.0 Å². The lowest BCUT2D eigenvalue weighted by Crippen LogP contribution is -2.51. The number of carbonyl (C=O) groups excluding carboxylic acids is 3. The topological polar surface area (TPSA) is 106 Å². The molecule has 38 heavy (non-hydrogen) atoms. The molecule has 10 nitrogen and oxygen atoms in total. The van der Waals surface area contributed by atoms with Gasteiger partial charge in [-0.3, -0.25) is 33.7 Å². The number of nitrogens with one attached hydrogen (secondary N) is 1. The fourth-order valence-electron chi connectivity index (χ4n) is 6.19. The van der Waals surface area contributed by atoms with Gasteiger partial charge in [0.15, 0.2) is 0 Å². The molecule has 5 rings (SSSR count). The van der Waals surface area contributed by atoms with E-state index < -0.39 is 17.6 Å². The molecule has 3 heterocycles. The highest BCUT2D eigenvalue weighted by molar-refractivity contribution is 6.00. The summed E-state index contributed by atoms with van der Waals surface area (Å²) in [6, 6.07) is 5.79. The van der Waals surface area contributed by atoms with Crippen molar-refractivity contribution in [3.63, 3.8) is 0 Å². The van der Waals surface area contributed by atoms with Crippen LogP contribution in [0.2, 0.25) is 0 Å². The third kappa shape index (κ3) is 5.23. The second kappa shape index (κ2) is 10.2. The van der Waals surface area contributed by atoms with Crippen molar-refractivity contribution in [2.45, 2.75) is 77.0 Å². The number of hydrogen-bond donors (Lipinski definition) is 1. The van der Waals surface area contributed by atoms with E-state index in [4.69, 9.17) is 4.74 Å². The summed E-state index contributed by atoms with van der Waals surface area (Å²) in [7, 11) is 1.72. The molecule has 1 N–H and O–H groups in total. The van der Waals surface area contributed by atoms with E-state index in [0.717, 1.165) is 63.1 Å². The molecule has 206 valence electrons. The predicted octanol–water partition coefficient (Wildman–Crippen LogP) is 2.34. The maximum absolute atomic E-state index is 13.1. The predicted molar refractivity (Wildman–Crippen MR) is 144 cm³/mol. The van der Waals surface area contributed by atoms with Crippen molar-refractivity contribution in [1.29, 1.82) is 0 Å². The number of esters is 1. The number of benzene rings is 1. The van der Waals surface area contributed by atoms with Crippen LogP contribution in [0.4, 0.5) is 5.69 Å². The van der Waals surface area contributed by atoms with Crippen molar-refractivity contribution in [2.75, 3.05) is 31.1 Å². The number of amides is 2. The van der Waals surface area contributed by atoms with E-state index in [1.807, 2.05) is 39.0 Å². The average Bonchev–Trinajstić information content (AvgIpc) is 3.12. The summed E-state index contributed by atoms with van der Waals surface area (Å²) in [5.41, 5.74) is 1.85. The Labute approximate surface area is 222 Å². The van der Waals surface area contributed by atoms with Gasteiger partial charge in [0, 0.05) is 51.4 Å². The number of piperazine rings is 1. The first kappa shape index (κ1) is 26.5. The van der Waals surface area contributed by atoms with E-state index in [-0.39, 0.29) is 29.9 Å². The molecule has 2 saturated heterocycles. The molecule has 2 aromatic rings. The summed E-state index contributed by atoms with van der Waals surface area (Å²) >= 11 is 0. The highest BCUT2D eigenvalue weighted by Crippen LogP contribution is 2.31. The van der Waals surface area contributed by atoms with Crippen LogP contribution in [0.5, 0.6) is 0 Å². The van der Waals surface area contributed by atoms with Crippen LogP contribution in [0.1, 0.15) is 65.3 Å². The van der Waals surface area contributed by atoms with E-state index in [2.05, 4.69) is 15.1 Å². The molecule has 1 aliphatic carbocycles. The lowest BCUT2D eigenvalue weighted by atomic mass is 9.85. The SMILES string of the molecule is Cn1c(=O)n(C2CCC(=O)NC2=O)c2ccc(N3CCN(C4CCC(C(=O)OC(C)(C)C)CC4)CC3)cc21. The molecule has 1 saturated carbocycles. The molecule has 1 aromatic heterocycles. The van der Waals surface area contributed by atoms with Gasteiger partial charge < -0.3 is 9.64 Å². The Kier molecular flexibility index (Phi) is 7.11. The number of aryl methyl sites for hydroxylation is 1. The highest BCUT2D eigenvalue weighted by Gasteiger charge is 2.34. The number of anilines is 1. The van der Waals surface area contributed by atoms with Crippen LogP contribution in [0, 0.1) is 5.92 Å². The van der Waals surface area contributed by atoms with E-state index in [1.54, 1.807) is 11.6 Å². The van der Waals surface area contributed by atoms with Gasteiger partial charge in [0.1, 0.15) is 11.6 Å². The Morgan fingerprint density at radius 1 is 0.947 bits per heavy atom. The minimum Gasteiger partial charge on any atom is -0.460 e. The summed E-state index contributed by atoms with van der Waals surface area (Å²) < 4.78 is 8.70. The van der Waals surface area contributed by atoms with Crippen LogP contribution in [-0.4, -0.2) is 69.6 Å². The number of fused-ring (bicyclic) bond motifs is 1. The summed E-state index contributed by atoms with van der Waals surface area (Å²) in [6.45, 7) is 9.44. The van der Waals surface area contributed by atoms with E-state index >= 15 is 0 Å². The number of piperidine rings is 1. The van der Waals surface area contributed by atoms with Gasteiger partial charge in [-0.15, -0.1) is 0 Å². The number of imide groups is 1. The first-order valence-corrected chi connectivity index (χ1v) is 13.8. The van der Waals surface area contributed by atoms with Gasteiger partial charge >= 0.3 is 11.7 Å². The Balaban J connectivity index is 1.22. The Morgan fingerprint density at radius 2 is 1.63 bits per heavy atom. The zero-order valence-electron chi connectivity index (χ0n) is 22.9. The fourth-order valence-corrected chi connectivity index (χ4v) is 6.19.